The lowest BCUT2D eigenvalue weighted by Gasteiger charge is -2.33. The number of rotatable bonds is 5. The van der Waals surface area contributed by atoms with Crippen molar-refractivity contribution in [1.29, 1.82) is 0 Å². The second kappa shape index (κ2) is 7.38. The van der Waals surface area contributed by atoms with E-state index in [1.54, 1.807) is 19.6 Å². The number of methoxy groups -OCH3 is 1. The van der Waals surface area contributed by atoms with E-state index >= 15 is 0 Å². The number of nitrogens with zero attached hydrogens (tertiary/aromatic N) is 5. The summed E-state index contributed by atoms with van der Waals surface area (Å²) in [7, 11) is 1.71. The Balaban J connectivity index is 1.44. The van der Waals surface area contributed by atoms with Crippen LogP contribution in [0, 0.1) is 0 Å². The summed E-state index contributed by atoms with van der Waals surface area (Å²) in [5.74, 6) is 1.98. The minimum Gasteiger partial charge on any atom is -0.384 e. The van der Waals surface area contributed by atoms with Crippen LogP contribution in [0.2, 0.25) is 0 Å². The molecule has 1 aliphatic rings. The quantitative estimate of drug-likeness (QED) is 0.560. The van der Waals surface area contributed by atoms with Gasteiger partial charge in [-0.2, -0.15) is 4.98 Å². The summed E-state index contributed by atoms with van der Waals surface area (Å²) in [6.45, 7) is 2.40. The van der Waals surface area contributed by atoms with E-state index in [0.717, 1.165) is 48.3 Å². The Morgan fingerprint density at radius 2 is 2.00 bits per heavy atom. The Morgan fingerprint density at radius 1 is 1.14 bits per heavy atom. The average molecular weight is 390 g/mol. The number of pyridine rings is 1. The van der Waals surface area contributed by atoms with Crippen molar-refractivity contribution in [2.75, 3.05) is 26.8 Å². The van der Waals surface area contributed by atoms with E-state index in [1.165, 1.54) is 0 Å². The Labute approximate surface area is 167 Å². The lowest BCUT2D eigenvalue weighted by molar-refractivity contribution is 0.0850. The second-order valence-electron chi connectivity index (χ2n) is 7.39. The molecule has 8 heteroatoms. The minimum absolute atomic E-state index is 0.228. The molecule has 1 saturated heterocycles. The standard InChI is InChI=1S/C21H22N6O2/c1-28-13-21(8-10-22-11-9-21)20-25-19(26-29-20)15-6-7-18(23-12-15)27-14-24-16-4-2-3-5-17(16)27/h2-7,12,14,22H,8-11,13H2,1H3. The van der Waals surface area contributed by atoms with Gasteiger partial charge >= 0.3 is 0 Å². The van der Waals surface area contributed by atoms with Crippen molar-refractivity contribution in [1.82, 2.24) is 30.0 Å². The molecule has 5 rings (SSSR count). The molecule has 0 aliphatic carbocycles. The Morgan fingerprint density at radius 3 is 2.79 bits per heavy atom. The van der Waals surface area contributed by atoms with Gasteiger partial charge in [0.2, 0.25) is 11.7 Å². The molecule has 0 radical (unpaired) electrons. The molecule has 148 valence electrons. The van der Waals surface area contributed by atoms with Crippen LogP contribution in [0.3, 0.4) is 0 Å². The third-order valence-electron chi connectivity index (χ3n) is 5.57. The van der Waals surface area contributed by atoms with Gasteiger partial charge in [0.1, 0.15) is 12.1 Å². The number of imidazole rings is 1. The monoisotopic (exact) mass is 390 g/mol. The first kappa shape index (κ1) is 18.0. The molecule has 4 heterocycles. The molecule has 0 spiro atoms. The van der Waals surface area contributed by atoms with Gasteiger partial charge in [0, 0.05) is 18.9 Å². The van der Waals surface area contributed by atoms with Crippen molar-refractivity contribution in [2.24, 2.45) is 0 Å². The Bertz CT molecular complexity index is 1110. The zero-order chi connectivity index (χ0) is 19.7. The van der Waals surface area contributed by atoms with Crippen LogP contribution in [0.25, 0.3) is 28.2 Å². The summed E-state index contributed by atoms with van der Waals surface area (Å²) >= 11 is 0. The summed E-state index contributed by atoms with van der Waals surface area (Å²) < 4.78 is 13.1. The van der Waals surface area contributed by atoms with Gasteiger partial charge in [-0.1, -0.05) is 17.3 Å². The fraction of sp³-hybridized carbons (Fsp3) is 0.333. The molecule has 0 bridgehead atoms. The molecular formula is C21H22N6O2. The predicted molar refractivity (Wildman–Crippen MR) is 108 cm³/mol. The van der Waals surface area contributed by atoms with Crippen LogP contribution < -0.4 is 5.32 Å². The Hall–Kier alpha value is -3.10. The first-order valence-electron chi connectivity index (χ1n) is 9.72. The summed E-state index contributed by atoms with van der Waals surface area (Å²) in [6, 6.07) is 11.9. The van der Waals surface area contributed by atoms with Gasteiger partial charge in [0.05, 0.1) is 23.1 Å². The lowest BCUT2D eigenvalue weighted by atomic mass is 9.79. The smallest absolute Gasteiger partial charge is 0.235 e. The maximum absolute atomic E-state index is 5.66. The molecule has 0 amide bonds. The van der Waals surface area contributed by atoms with Crippen LogP contribution in [0.15, 0.2) is 53.4 Å². The first-order chi connectivity index (χ1) is 14.3. The van der Waals surface area contributed by atoms with Gasteiger partial charge in [-0.25, -0.2) is 9.97 Å². The van der Waals surface area contributed by atoms with E-state index in [1.807, 2.05) is 41.0 Å². The van der Waals surface area contributed by atoms with Crippen LogP contribution in [-0.4, -0.2) is 51.5 Å². The third-order valence-corrected chi connectivity index (χ3v) is 5.57. The number of hydrogen-bond donors (Lipinski definition) is 1. The molecular weight excluding hydrogens is 368 g/mol. The van der Waals surface area contributed by atoms with E-state index in [4.69, 9.17) is 14.2 Å². The SMILES string of the molecule is COCC1(c2nc(-c3ccc(-n4cnc5ccccc54)nc3)no2)CCNCC1. The largest absolute Gasteiger partial charge is 0.384 e. The second-order valence-corrected chi connectivity index (χ2v) is 7.39. The zero-order valence-electron chi connectivity index (χ0n) is 16.2. The van der Waals surface area contributed by atoms with Crippen LogP contribution in [0.4, 0.5) is 0 Å². The van der Waals surface area contributed by atoms with E-state index in [2.05, 4.69) is 20.4 Å². The lowest BCUT2D eigenvalue weighted by Crippen LogP contribution is -2.43. The Kier molecular flexibility index (Phi) is 4.57. The highest BCUT2D eigenvalue weighted by Gasteiger charge is 2.39. The third kappa shape index (κ3) is 3.20. The average Bonchev–Trinajstić information content (AvgIpc) is 3.43. The van der Waals surface area contributed by atoms with E-state index in [-0.39, 0.29) is 5.41 Å². The number of piperidine rings is 1. The van der Waals surface area contributed by atoms with Gasteiger partial charge < -0.3 is 14.6 Å². The minimum atomic E-state index is -0.228. The highest BCUT2D eigenvalue weighted by Crippen LogP contribution is 2.33. The van der Waals surface area contributed by atoms with Crippen LogP contribution in [0.1, 0.15) is 18.7 Å². The van der Waals surface area contributed by atoms with Crippen LogP contribution >= 0.6 is 0 Å². The van der Waals surface area contributed by atoms with E-state index < -0.39 is 0 Å². The molecule has 1 aliphatic heterocycles. The van der Waals surface area contributed by atoms with Crippen LogP contribution in [0.5, 0.6) is 0 Å². The molecule has 0 atom stereocenters. The molecule has 1 N–H and O–H groups in total. The summed E-state index contributed by atoms with van der Waals surface area (Å²) in [6.07, 6.45) is 5.37. The summed E-state index contributed by atoms with van der Waals surface area (Å²) in [5, 5.41) is 7.59. The summed E-state index contributed by atoms with van der Waals surface area (Å²) in [4.78, 5) is 13.7. The van der Waals surface area contributed by atoms with Gasteiger partial charge in [-0.3, -0.25) is 4.57 Å². The van der Waals surface area contributed by atoms with E-state index in [9.17, 15) is 0 Å². The number of para-hydroxylation sites is 2. The number of aromatic nitrogens is 5. The first-order valence-corrected chi connectivity index (χ1v) is 9.72. The normalized spacial score (nSPS) is 16.3. The number of hydrogen-bond acceptors (Lipinski definition) is 7. The molecule has 1 fully saturated rings. The fourth-order valence-corrected chi connectivity index (χ4v) is 3.96. The zero-order valence-corrected chi connectivity index (χ0v) is 16.2. The van der Waals surface area contributed by atoms with E-state index in [0.29, 0.717) is 18.3 Å². The highest BCUT2D eigenvalue weighted by molar-refractivity contribution is 5.76. The van der Waals surface area contributed by atoms with Gasteiger partial charge in [0.25, 0.3) is 0 Å². The molecule has 29 heavy (non-hydrogen) atoms. The van der Waals surface area contributed by atoms with Crippen molar-refractivity contribution in [2.45, 2.75) is 18.3 Å². The van der Waals surface area contributed by atoms with Crippen LogP contribution in [-0.2, 0) is 10.2 Å². The number of benzene rings is 1. The van der Waals surface area contributed by atoms with Crippen molar-refractivity contribution >= 4 is 11.0 Å². The topological polar surface area (TPSA) is 90.9 Å². The van der Waals surface area contributed by atoms with Gasteiger partial charge in [-0.05, 0) is 50.2 Å². The maximum Gasteiger partial charge on any atom is 0.235 e. The van der Waals surface area contributed by atoms with Crippen molar-refractivity contribution in [3.8, 4) is 17.2 Å². The molecule has 0 unspecified atom stereocenters. The van der Waals surface area contributed by atoms with Gasteiger partial charge in [-0.15, -0.1) is 0 Å². The fourth-order valence-electron chi connectivity index (χ4n) is 3.96. The highest BCUT2D eigenvalue weighted by atomic mass is 16.5. The molecule has 0 saturated carbocycles. The van der Waals surface area contributed by atoms with Crippen molar-refractivity contribution < 1.29 is 9.26 Å². The summed E-state index contributed by atoms with van der Waals surface area (Å²) in [5.41, 5.74) is 2.54. The maximum atomic E-state index is 5.66. The predicted octanol–water partition coefficient (Wildman–Crippen LogP) is 2.74. The molecule has 3 aromatic heterocycles. The molecule has 4 aromatic rings. The molecule has 1 aromatic carbocycles. The molecule has 8 nitrogen and oxygen atoms in total. The van der Waals surface area contributed by atoms with Crippen molar-refractivity contribution in [3.05, 3.63) is 54.8 Å². The van der Waals surface area contributed by atoms with Gasteiger partial charge in [0.15, 0.2) is 0 Å². The number of fused-ring (bicyclic) bond motifs is 1. The number of nitrogens with one attached hydrogen (secondary N) is 1. The number of ether oxygens (including phenoxy) is 1. The van der Waals surface area contributed by atoms with Crippen molar-refractivity contribution in [3.63, 3.8) is 0 Å².